The van der Waals surface area contributed by atoms with Crippen LogP contribution in [-0.4, -0.2) is 30.2 Å². The Balaban J connectivity index is -0.0000000480. The van der Waals surface area contributed by atoms with Gasteiger partial charge in [0.25, 0.3) is 0 Å². The van der Waals surface area contributed by atoms with Crippen LogP contribution in [0.1, 0.15) is 0 Å². The average molecular weight is 434 g/mol. The molecule has 0 aliphatic rings. The summed E-state index contributed by atoms with van der Waals surface area (Å²) < 4.78 is 32.5. The van der Waals surface area contributed by atoms with Crippen LogP contribution in [0.3, 0.4) is 0 Å². The zero-order valence-electron chi connectivity index (χ0n) is 3.14. The van der Waals surface area contributed by atoms with Gasteiger partial charge in [0.05, 0.1) is 0 Å². The standard InChI is InChI=1S/Bi.H2O.3O.Pd.V.3H/h;1H2;;;;;;;;/q;;;;;;+1;;;/p-1. The molecule has 0 unspecified atom stereocenters. The van der Waals surface area contributed by atoms with Crippen molar-refractivity contribution in [2.45, 2.75) is 0 Å². The maximum atomic E-state index is 8.67. The third-order valence-electron chi connectivity index (χ3n) is 0. The first-order valence-corrected chi connectivity index (χ1v) is 3.09. The summed E-state index contributed by atoms with van der Waals surface area (Å²) in [4.78, 5) is 0. The molecule has 48 valence electrons. The van der Waals surface area contributed by atoms with Crippen molar-refractivity contribution >= 4 is 26.2 Å². The Bertz CT molecular complexity index is 69.8. The first kappa shape index (κ1) is 15.8. The van der Waals surface area contributed by atoms with Gasteiger partial charge in [-0.3, -0.25) is 0 Å². The van der Waals surface area contributed by atoms with Crippen LogP contribution in [0, 0.1) is 0 Å². The SMILES string of the molecule is [BiH3].[O]=[Pd].[O]=[V](=[O])[OH]. The van der Waals surface area contributed by atoms with E-state index < -0.39 is 15.4 Å². The normalized spacial score (nSPS) is 4.43. The molecule has 4 nitrogen and oxygen atoms in total. The molecule has 0 amide bonds. The number of hydrogen-bond donors (Lipinski definition) is 1. The second kappa shape index (κ2) is 15.6. The summed E-state index contributed by atoms with van der Waals surface area (Å²) >= 11 is -2.19. The number of rotatable bonds is 0. The van der Waals surface area contributed by atoms with Crippen LogP contribution in [-0.2, 0) is 45.4 Å². The van der Waals surface area contributed by atoms with Gasteiger partial charge in [-0.25, -0.2) is 0 Å². The van der Waals surface area contributed by atoms with Crippen molar-refractivity contribution in [3.05, 3.63) is 0 Å². The summed E-state index contributed by atoms with van der Waals surface area (Å²) in [6, 6.07) is 0. The second-order valence-corrected chi connectivity index (χ2v) is 0.981. The predicted octanol–water partition coefficient (Wildman–Crippen LogP) is -2.10. The quantitative estimate of drug-likeness (QED) is 0.444. The molecule has 7 heteroatoms. The molecule has 1 N–H and O–H groups in total. The Kier molecular flexibility index (Phi) is 35.3. The molecular weight excluding hydrogens is 430 g/mol. The third kappa shape index (κ3) is 102. The third-order valence-corrected chi connectivity index (χ3v) is 0. The van der Waals surface area contributed by atoms with Gasteiger partial charge in [0, 0.05) is 0 Å². The molecule has 0 spiro atoms. The molecule has 0 heterocycles. The van der Waals surface area contributed by atoms with E-state index >= 15 is 0 Å². The van der Waals surface area contributed by atoms with Gasteiger partial charge in [0.1, 0.15) is 0 Å². The van der Waals surface area contributed by atoms with Gasteiger partial charge in [0.2, 0.25) is 0 Å². The number of hydrogen-bond acceptors (Lipinski definition) is 3. The van der Waals surface area contributed by atoms with Crippen LogP contribution in [0.2, 0.25) is 0 Å². The van der Waals surface area contributed by atoms with Crippen LogP contribution in [0.15, 0.2) is 0 Å². The molecular formula is H4BiO4PdV. The summed E-state index contributed by atoms with van der Waals surface area (Å²) in [6.07, 6.45) is 0. The van der Waals surface area contributed by atoms with E-state index in [4.69, 9.17) is 14.8 Å². The van der Waals surface area contributed by atoms with E-state index in [1.807, 2.05) is 0 Å². The molecule has 0 aliphatic heterocycles. The van der Waals surface area contributed by atoms with E-state index in [9.17, 15) is 0 Å². The molecule has 0 aromatic rings. The fourth-order valence-electron chi connectivity index (χ4n) is 0. The molecule has 0 saturated carbocycles. The van der Waals surface area contributed by atoms with Gasteiger partial charge in [-0.1, -0.05) is 0 Å². The van der Waals surface area contributed by atoms with E-state index in [0.717, 1.165) is 0 Å². The zero-order chi connectivity index (χ0) is 5.58. The van der Waals surface area contributed by atoms with E-state index in [0.29, 0.717) is 0 Å². The maximum absolute atomic E-state index is 8.67. The Labute approximate surface area is 74.9 Å². The van der Waals surface area contributed by atoms with Crippen LogP contribution >= 0.6 is 0 Å². The zero-order valence-corrected chi connectivity index (χ0v) is 11.6. The first-order valence-electron chi connectivity index (χ1n) is 0.694. The monoisotopic (exact) mass is 434 g/mol. The van der Waals surface area contributed by atoms with Gasteiger partial charge in [-0.05, 0) is 0 Å². The molecule has 0 radical (unpaired) electrons. The van der Waals surface area contributed by atoms with Crippen molar-refractivity contribution in [3.63, 3.8) is 0 Å². The Morgan fingerprint density at radius 2 is 1.29 bits per heavy atom. The summed E-state index contributed by atoms with van der Waals surface area (Å²) in [6.45, 7) is 0. The van der Waals surface area contributed by atoms with Gasteiger partial charge in [0.15, 0.2) is 0 Å². The van der Waals surface area contributed by atoms with E-state index in [1.54, 1.807) is 0 Å². The Morgan fingerprint density at radius 1 is 1.29 bits per heavy atom. The van der Waals surface area contributed by atoms with Crippen molar-refractivity contribution in [2.75, 3.05) is 0 Å². The van der Waals surface area contributed by atoms with Crippen LogP contribution in [0.5, 0.6) is 0 Å². The average Bonchev–Trinajstić information content (AvgIpc) is 1.41. The summed E-state index contributed by atoms with van der Waals surface area (Å²) in [5.41, 5.74) is 0. The van der Waals surface area contributed by atoms with E-state index in [1.165, 1.54) is 19.2 Å². The molecule has 0 aromatic heterocycles. The van der Waals surface area contributed by atoms with Crippen molar-refractivity contribution in [1.29, 1.82) is 0 Å². The predicted molar refractivity (Wildman–Crippen MR) is 14.2 cm³/mol. The Hall–Kier alpha value is 1.49. The first-order chi connectivity index (χ1) is 2.73. The summed E-state index contributed by atoms with van der Waals surface area (Å²) in [5.74, 6) is 0. The summed E-state index contributed by atoms with van der Waals surface area (Å²) in [7, 11) is 0. The van der Waals surface area contributed by atoms with Gasteiger partial charge in [-0.2, -0.15) is 0 Å². The van der Waals surface area contributed by atoms with Crippen LogP contribution < -0.4 is 0 Å². The topological polar surface area (TPSA) is 71.4 Å². The van der Waals surface area contributed by atoms with Gasteiger partial charge < -0.3 is 0 Å². The molecule has 0 rings (SSSR count). The van der Waals surface area contributed by atoms with Crippen molar-refractivity contribution < 1.29 is 49.4 Å². The van der Waals surface area contributed by atoms with Gasteiger partial charge in [-0.15, -0.1) is 0 Å². The van der Waals surface area contributed by atoms with Crippen LogP contribution in [0.4, 0.5) is 0 Å². The van der Waals surface area contributed by atoms with Crippen molar-refractivity contribution in [1.82, 2.24) is 0 Å². The van der Waals surface area contributed by atoms with E-state index in [2.05, 4.69) is 0 Å². The van der Waals surface area contributed by atoms with Gasteiger partial charge >= 0.3 is 75.6 Å². The fraction of sp³-hybridized carbons (Fsp3) is 0. The second-order valence-electron chi connectivity index (χ2n) is 0.238. The molecule has 0 aromatic carbocycles. The van der Waals surface area contributed by atoms with E-state index in [-0.39, 0.29) is 26.2 Å². The molecule has 0 aliphatic carbocycles. The molecule has 0 atom stereocenters. The Morgan fingerprint density at radius 3 is 1.29 bits per heavy atom. The molecule has 7 heavy (non-hydrogen) atoms. The molecule has 0 saturated heterocycles. The van der Waals surface area contributed by atoms with Crippen LogP contribution in [0.25, 0.3) is 0 Å². The van der Waals surface area contributed by atoms with Crippen molar-refractivity contribution in [2.24, 2.45) is 0 Å². The fourth-order valence-corrected chi connectivity index (χ4v) is 0. The van der Waals surface area contributed by atoms with Crippen molar-refractivity contribution in [3.8, 4) is 0 Å². The summed E-state index contributed by atoms with van der Waals surface area (Å²) in [5, 5.41) is 0. The molecule has 0 bridgehead atoms. The molecule has 0 fully saturated rings. The minimum atomic E-state index is -3.69. The minimum absolute atomic E-state index is 0.